The number of hydrogen-bond acceptors (Lipinski definition) is 4. The van der Waals surface area contributed by atoms with Crippen molar-refractivity contribution in [3.63, 3.8) is 0 Å². The van der Waals surface area contributed by atoms with E-state index >= 15 is 0 Å². The van der Waals surface area contributed by atoms with Crippen LogP contribution in [0.4, 0.5) is 5.69 Å². The average Bonchev–Trinajstić information content (AvgIpc) is 2.90. The van der Waals surface area contributed by atoms with Crippen LogP contribution in [0.25, 0.3) is 0 Å². The Labute approximate surface area is 122 Å². The van der Waals surface area contributed by atoms with Crippen LogP contribution in [0.3, 0.4) is 0 Å². The summed E-state index contributed by atoms with van der Waals surface area (Å²) in [5.74, 6) is 0. The lowest BCUT2D eigenvalue weighted by molar-refractivity contribution is -0.384. The Morgan fingerprint density at radius 2 is 1.76 bits per heavy atom. The van der Waals surface area contributed by atoms with Crippen LogP contribution in [-0.4, -0.2) is 17.0 Å². The Morgan fingerprint density at radius 3 is 2.38 bits per heavy atom. The van der Waals surface area contributed by atoms with Crippen molar-refractivity contribution in [2.45, 2.75) is 18.6 Å². The molecule has 2 atom stereocenters. The molecule has 0 bridgehead atoms. The number of hydroxylamine groups is 2. The second kappa shape index (κ2) is 5.63. The predicted molar refractivity (Wildman–Crippen MR) is 78.5 cm³/mol. The summed E-state index contributed by atoms with van der Waals surface area (Å²) < 4.78 is 0. The zero-order chi connectivity index (χ0) is 14.8. The molecule has 0 aliphatic carbocycles. The second-order valence-corrected chi connectivity index (χ2v) is 5.15. The first kappa shape index (κ1) is 13.7. The SMILES string of the molecule is CN1O[C@@H](c2ccc([N+](=O)[O-])cc2)C[C@H]1c1ccccc1. The first-order chi connectivity index (χ1) is 10.1. The van der Waals surface area contributed by atoms with Crippen molar-refractivity contribution < 1.29 is 9.76 Å². The summed E-state index contributed by atoms with van der Waals surface area (Å²) in [6.45, 7) is 0. The van der Waals surface area contributed by atoms with Crippen molar-refractivity contribution in [1.82, 2.24) is 5.06 Å². The summed E-state index contributed by atoms with van der Waals surface area (Å²) in [5, 5.41) is 12.6. The molecule has 21 heavy (non-hydrogen) atoms. The normalized spacial score (nSPS) is 22.3. The fourth-order valence-corrected chi connectivity index (χ4v) is 2.70. The Kier molecular flexibility index (Phi) is 3.68. The monoisotopic (exact) mass is 284 g/mol. The first-order valence-electron chi connectivity index (χ1n) is 6.84. The van der Waals surface area contributed by atoms with Gasteiger partial charge in [-0.2, -0.15) is 5.06 Å². The van der Waals surface area contributed by atoms with Gasteiger partial charge >= 0.3 is 0 Å². The van der Waals surface area contributed by atoms with E-state index in [1.54, 1.807) is 12.1 Å². The predicted octanol–water partition coefficient (Wildman–Crippen LogP) is 3.64. The van der Waals surface area contributed by atoms with E-state index in [2.05, 4.69) is 12.1 Å². The Bertz CT molecular complexity index is 628. The van der Waals surface area contributed by atoms with Gasteiger partial charge in [-0.25, -0.2) is 0 Å². The molecule has 0 amide bonds. The third-order valence-electron chi connectivity index (χ3n) is 3.83. The molecular weight excluding hydrogens is 268 g/mol. The number of rotatable bonds is 3. The summed E-state index contributed by atoms with van der Waals surface area (Å²) >= 11 is 0. The van der Waals surface area contributed by atoms with E-state index < -0.39 is 4.92 Å². The number of nitro groups is 1. The molecule has 5 nitrogen and oxygen atoms in total. The minimum atomic E-state index is -0.391. The zero-order valence-electron chi connectivity index (χ0n) is 11.7. The highest BCUT2D eigenvalue weighted by molar-refractivity contribution is 5.34. The highest BCUT2D eigenvalue weighted by atomic mass is 16.7. The summed E-state index contributed by atoms with van der Waals surface area (Å²) in [6, 6.07) is 17.0. The van der Waals surface area contributed by atoms with E-state index in [-0.39, 0.29) is 17.8 Å². The molecule has 5 heteroatoms. The molecular formula is C16H16N2O3. The molecule has 3 rings (SSSR count). The topological polar surface area (TPSA) is 55.6 Å². The second-order valence-electron chi connectivity index (χ2n) is 5.15. The molecule has 0 saturated carbocycles. The molecule has 1 heterocycles. The van der Waals surface area contributed by atoms with Crippen LogP contribution < -0.4 is 0 Å². The lowest BCUT2D eigenvalue weighted by Gasteiger charge is -2.17. The van der Waals surface area contributed by atoms with Crippen molar-refractivity contribution in [2.24, 2.45) is 0 Å². The maximum absolute atomic E-state index is 10.7. The maximum Gasteiger partial charge on any atom is 0.269 e. The standard InChI is InChI=1S/C16H16N2O3/c1-17-15(12-5-3-2-4-6-12)11-16(21-17)13-7-9-14(10-8-13)18(19)20/h2-10,15-16H,11H2,1H3/t15-,16+/m0/s1. The van der Waals surface area contributed by atoms with Gasteiger partial charge in [0.05, 0.1) is 11.0 Å². The van der Waals surface area contributed by atoms with Crippen LogP contribution in [0.1, 0.15) is 29.7 Å². The van der Waals surface area contributed by atoms with Crippen molar-refractivity contribution in [1.29, 1.82) is 0 Å². The van der Waals surface area contributed by atoms with E-state index in [4.69, 9.17) is 4.84 Å². The molecule has 0 N–H and O–H groups in total. The summed E-state index contributed by atoms with van der Waals surface area (Å²) in [4.78, 5) is 16.2. The summed E-state index contributed by atoms with van der Waals surface area (Å²) in [5.41, 5.74) is 2.28. The molecule has 0 radical (unpaired) electrons. The fourth-order valence-electron chi connectivity index (χ4n) is 2.70. The van der Waals surface area contributed by atoms with Gasteiger partial charge in [0.25, 0.3) is 5.69 Å². The van der Waals surface area contributed by atoms with E-state index in [0.29, 0.717) is 0 Å². The lowest BCUT2D eigenvalue weighted by Crippen LogP contribution is -2.16. The van der Waals surface area contributed by atoms with Gasteiger partial charge in [0, 0.05) is 25.6 Å². The molecule has 1 saturated heterocycles. The van der Waals surface area contributed by atoms with Gasteiger partial charge in [0.1, 0.15) is 6.10 Å². The van der Waals surface area contributed by atoms with Crippen molar-refractivity contribution in [3.05, 3.63) is 75.8 Å². The lowest BCUT2D eigenvalue weighted by atomic mass is 9.98. The zero-order valence-corrected chi connectivity index (χ0v) is 11.7. The maximum atomic E-state index is 10.7. The van der Waals surface area contributed by atoms with Gasteiger partial charge < -0.3 is 0 Å². The van der Waals surface area contributed by atoms with Crippen LogP contribution in [0.5, 0.6) is 0 Å². The van der Waals surface area contributed by atoms with Gasteiger partial charge in [-0.3, -0.25) is 15.0 Å². The number of hydrogen-bond donors (Lipinski definition) is 0. The van der Waals surface area contributed by atoms with Crippen LogP contribution in [0, 0.1) is 10.1 Å². The van der Waals surface area contributed by atoms with Gasteiger partial charge in [-0.15, -0.1) is 0 Å². The first-order valence-corrected chi connectivity index (χ1v) is 6.84. The minimum absolute atomic E-state index is 0.0685. The van der Waals surface area contributed by atoms with Gasteiger partial charge in [-0.1, -0.05) is 30.3 Å². The number of nitrogens with zero attached hydrogens (tertiary/aromatic N) is 2. The molecule has 0 unspecified atom stereocenters. The van der Waals surface area contributed by atoms with Gasteiger partial charge in [-0.05, 0) is 23.3 Å². The van der Waals surface area contributed by atoms with E-state index in [1.165, 1.54) is 17.7 Å². The third kappa shape index (κ3) is 2.79. The molecule has 0 aromatic heterocycles. The minimum Gasteiger partial charge on any atom is -0.291 e. The van der Waals surface area contributed by atoms with Gasteiger partial charge in [0.2, 0.25) is 0 Å². The van der Waals surface area contributed by atoms with E-state index in [9.17, 15) is 10.1 Å². The molecule has 1 aliphatic rings. The summed E-state index contributed by atoms with van der Waals surface area (Å²) in [7, 11) is 1.92. The van der Waals surface area contributed by atoms with Crippen molar-refractivity contribution >= 4 is 5.69 Å². The molecule has 2 aromatic rings. The van der Waals surface area contributed by atoms with E-state index in [0.717, 1.165) is 12.0 Å². The Balaban J connectivity index is 1.78. The highest BCUT2D eigenvalue weighted by Crippen LogP contribution is 2.40. The van der Waals surface area contributed by atoms with Crippen molar-refractivity contribution in [2.75, 3.05) is 7.05 Å². The molecule has 1 fully saturated rings. The Hall–Kier alpha value is -2.24. The molecule has 0 spiro atoms. The van der Waals surface area contributed by atoms with Crippen molar-refractivity contribution in [3.8, 4) is 0 Å². The molecule has 108 valence electrons. The molecule has 1 aliphatic heterocycles. The van der Waals surface area contributed by atoms with E-state index in [1.807, 2.05) is 30.3 Å². The largest absolute Gasteiger partial charge is 0.291 e. The number of benzene rings is 2. The summed E-state index contributed by atoms with van der Waals surface area (Å²) in [6.07, 6.45) is 0.763. The van der Waals surface area contributed by atoms with Crippen LogP contribution in [0.2, 0.25) is 0 Å². The quantitative estimate of drug-likeness (QED) is 0.637. The fraction of sp³-hybridized carbons (Fsp3) is 0.250. The highest BCUT2D eigenvalue weighted by Gasteiger charge is 2.32. The smallest absolute Gasteiger partial charge is 0.269 e. The third-order valence-corrected chi connectivity index (χ3v) is 3.83. The number of non-ortho nitro benzene ring substituents is 1. The van der Waals surface area contributed by atoms with Crippen LogP contribution in [0.15, 0.2) is 54.6 Å². The Morgan fingerprint density at radius 1 is 1.10 bits per heavy atom. The van der Waals surface area contributed by atoms with Crippen LogP contribution >= 0.6 is 0 Å². The number of nitro benzene ring substituents is 1. The molecule has 2 aromatic carbocycles. The van der Waals surface area contributed by atoms with Crippen LogP contribution in [-0.2, 0) is 4.84 Å². The average molecular weight is 284 g/mol. The van der Waals surface area contributed by atoms with Gasteiger partial charge in [0.15, 0.2) is 0 Å².